The summed E-state index contributed by atoms with van der Waals surface area (Å²) in [5.74, 6) is -2.24. The Hall–Kier alpha value is -1.29. The predicted molar refractivity (Wildman–Crippen MR) is 62.7 cm³/mol. The molecule has 1 aromatic rings. The second kappa shape index (κ2) is 4.92. The van der Waals surface area contributed by atoms with Crippen LogP contribution in [0.5, 0.6) is 0 Å². The molecular weight excluding hydrogens is 224 g/mol. The van der Waals surface area contributed by atoms with E-state index in [0.29, 0.717) is 0 Å². The minimum atomic E-state index is -1.01. The van der Waals surface area contributed by atoms with Crippen molar-refractivity contribution >= 4 is 5.78 Å². The van der Waals surface area contributed by atoms with Crippen LogP contribution in [-0.4, -0.2) is 11.8 Å². The molecule has 0 amide bonds. The highest BCUT2D eigenvalue weighted by Gasteiger charge is 2.24. The Morgan fingerprint density at radius 3 is 2.35 bits per heavy atom. The van der Waals surface area contributed by atoms with Crippen LogP contribution in [0.15, 0.2) is 18.2 Å². The molecule has 2 nitrogen and oxygen atoms in total. The summed E-state index contributed by atoms with van der Waals surface area (Å²) in [5.41, 5.74) is 5.82. The highest BCUT2D eigenvalue weighted by atomic mass is 19.2. The van der Waals surface area contributed by atoms with Gasteiger partial charge in [0.15, 0.2) is 17.4 Å². The number of carbonyl (C=O) groups is 1. The van der Waals surface area contributed by atoms with Crippen LogP contribution in [0, 0.1) is 17.0 Å². The van der Waals surface area contributed by atoms with Gasteiger partial charge < -0.3 is 5.73 Å². The molecule has 0 saturated heterocycles. The molecule has 2 N–H and O–H groups in total. The largest absolute Gasteiger partial charge is 0.327 e. The Kier molecular flexibility index (Phi) is 3.98. The van der Waals surface area contributed by atoms with Gasteiger partial charge in [-0.25, -0.2) is 8.78 Å². The SMILES string of the molecule is CC(C)(C)C(N)CC(=O)c1ccc(F)c(F)c1. The van der Waals surface area contributed by atoms with E-state index >= 15 is 0 Å². The molecule has 0 fully saturated rings. The summed E-state index contributed by atoms with van der Waals surface area (Å²) in [7, 11) is 0. The third-order valence-electron chi connectivity index (χ3n) is 2.76. The van der Waals surface area contributed by atoms with E-state index in [9.17, 15) is 13.6 Å². The van der Waals surface area contributed by atoms with Crippen LogP contribution in [0.4, 0.5) is 8.78 Å². The van der Waals surface area contributed by atoms with Gasteiger partial charge in [-0.1, -0.05) is 20.8 Å². The van der Waals surface area contributed by atoms with Crippen molar-refractivity contribution in [1.82, 2.24) is 0 Å². The van der Waals surface area contributed by atoms with E-state index < -0.39 is 11.6 Å². The Morgan fingerprint density at radius 2 is 1.88 bits per heavy atom. The van der Waals surface area contributed by atoms with E-state index in [1.54, 1.807) is 0 Å². The molecule has 1 atom stereocenters. The Morgan fingerprint density at radius 1 is 1.29 bits per heavy atom. The van der Waals surface area contributed by atoms with E-state index in [1.165, 1.54) is 6.07 Å². The topological polar surface area (TPSA) is 43.1 Å². The molecule has 0 spiro atoms. The van der Waals surface area contributed by atoms with Crippen molar-refractivity contribution in [2.45, 2.75) is 33.2 Å². The quantitative estimate of drug-likeness (QED) is 0.827. The second-order valence-corrected chi connectivity index (χ2v) is 5.23. The second-order valence-electron chi connectivity index (χ2n) is 5.23. The third-order valence-corrected chi connectivity index (χ3v) is 2.76. The predicted octanol–water partition coefficient (Wildman–Crippen LogP) is 2.91. The van der Waals surface area contributed by atoms with Gasteiger partial charge in [0.2, 0.25) is 0 Å². The maximum atomic E-state index is 13.0. The van der Waals surface area contributed by atoms with Crippen molar-refractivity contribution in [2.75, 3.05) is 0 Å². The standard InChI is InChI=1S/C13H17F2NO/c1-13(2,3)12(16)7-11(17)8-4-5-9(14)10(15)6-8/h4-6,12H,7,16H2,1-3H3. The van der Waals surface area contributed by atoms with Gasteiger partial charge in [0.05, 0.1) is 0 Å². The molecule has 0 heterocycles. The van der Waals surface area contributed by atoms with Crippen LogP contribution in [0.3, 0.4) is 0 Å². The highest BCUT2D eigenvalue weighted by molar-refractivity contribution is 5.96. The highest BCUT2D eigenvalue weighted by Crippen LogP contribution is 2.21. The van der Waals surface area contributed by atoms with Gasteiger partial charge in [0, 0.05) is 18.0 Å². The lowest BCUT2D eigenvalue weighted by atomic mass is 9.83. The fourth-order valence-electron chi connectivity index (χ4n) is 1.29. The van der Waals surface area contributed by atoms with Crippen molar-refractivity contribution in [3.63, 3.8) is 0 Å². The maximum absolute atomic E-state index is 13.0. The molecule has 17 heavy (non-hydrogen) atoms. The number of halogens is 2. The zero-order chi connectivity index (χ0) is 13.2. The number of Topliss-reactive ketones (excluding diaryl/α,β-unsaturated/α-hetero) is 1. The van der Waals surface area contributed by atoms with E-state index in [0.717, 1.165) is 12.1 Å². The maximum Gasteiger partial charge on any atom is 0.164 e. The summed E-state index contributed by atoms with van der Waals surface area (Å²) < 4.78 is 25.7. The Bertz CT molecular complexity index is 424. The molecule has 4 heteroatoms. The van der Waals surface area contributed by atoms with Crippen molar-refractivity contribution in [3.05, 3.63) is 35.4 Å². The molecule has 0 aliphatic rings. The Balaban J connectivity index is 2.80. The van der Waals surface area contributed by atoms with Crippen molar-refractivity contribution in [1.29, 1.82) is 0 Å². The summed E-state index contributed by atoms with van der Waals surface area (Å²) in [5, 5.41) is 0. The molecule has 1 rings (SSSR count). The number of carbonyl (C=O) groups excluding carboxylic acids is 1. The Labute approximate surface area is 99.8 Å². The van der Waals surface area contributed by atoms with Gasteiger partial charge in [-0.05, 0) is 23.6 Å². The fraction of sp³-hybridized carbons (Fsp3) is 0.462. The van der Waals surface area contributed by atoms with Gasteiger partial charge in [-0.2, -0.15) is 0 Å². The van der Waals surface area contributed by atoms with Crippen LogP contribution < -0.4 is 5.73 Å². The average molecular weight is 241 g/mol. The normalized spacial score (nSPS) is 13.5. The molecule has 0 radical (unpaired) electrons. The lowest BCUT2D eigenvalue weighted by Crippen LogP contribution is -2.37. The monoisotopic (exact) mass is 241 g/mol. The number of ketones is 1. The molecule has 0 bridgehead atoms. The first-order chi connectivity index (χ1) is 7.71. The van der Waals surface area contributed by atoms with Crippen LogP contribution >= 0.6 is 0 Å². The van der Waals surface area contributed by atoms with E-state index in [2.05, 4.69) is 0 Å². The summed E-state index contributed by atoms with van der Waals surface area (Å²) >= 11 is 0. The van der Waals surface area contributed by atoms with Gasteiger partial charge in [-0.15, -0.1) is 0 Å². The van der Waals surface area contributed by atoms with Crippen molar-refractivity contribution in [2.24, 2.45) is 11.1 Å². The molecule has 0 aliphatic heterocycles. The van der Waals surface area contributed by atoms with E-state index in [-0.39, 0.29) is 29.2 Å². The average Bonchev–Trinajstić information content (AvgIpc) is 2.20. The number of rotatable bonds is 3. The number of hydrogen-bond acceptors (Lipinski definition) is 2. The summed E-state index contributed by atoms with van der Waals surface area (Å²) in [4.78, 5) is 11.8. The summed E-state index contributed by atoms with van der Waals surface area (Å²) in [6.45, 7) is 5.78. The van der Waals surface area contributed by atoms with Crippen LogP contribution in [-0.2, 0) is 0 Å². The first-order valence-electron chi connectivity index (χ1n) is 5.45. The molecule has 0 aliphatic carbocycles. The molecule has 0 aromatic heterocycles. The van der Waals surface area contributed by atoms with E-state index in [4.69, 9.17) is 5.73 Å². The van der Waals surface area contributed by atoms with Crippen molar-refractivity contribution in [3.8, 4) is 0 Å². The van der Waals surface area contributed by atoms with Gasteiger partial charge >= 0.3 is 0 Å². The van der Waals surface area contributed by atoms with Gasteiger partial charge in [0.25, 0.3) is 0 Å². The molecule has 1 aromatic carbocycles. The zero-order valence-electron chi connectivity index (χ0n) is 10.3. The zero-order valence-corrected chi connectivity index (χ0v) is 10.3. The summed E-state index contributed by atoms with van der Waals surface area (Å²) in [6, 6.07) is 2.82. The van der Waals surface area contributed by atoms with Crippen LogP contribution in [0.1, 0.15) is 37.6 Å². The third kappa shape index (κ3) is 3.60. The minimum absolute atomic E-state index is 0.120. The molecule has 94 valence electrons. The van der Waals surface area contributed by atoms with Crippen molar-refractivity contribution < 1.29 is 13.6 Å². The molecule has 1 unspecified atom stereocenters. The number of nitrogens with two attached hydrogens (primary N) is 1. The van der Waals surface area contributed by atoms with Gasteiger partial charge in [-0.3, -0.25) is 4.79 Å². The van der Waals surface area contributed by atoms with Crippen LogP contribution in [0.2, 0.25) is 0 Å². The number of benzene rings is 1. The van der Waals surface area contributed by atoms with Crippen LogP contribution in [0.25, 0.3) is 0 Å². The minimum Gasteiger partial charge on any atom is -0.327 e. The molecular formula is C13H17F2NO. The fourth-order valence-corrected chi connectivity index (χ4v) is 1.29. The van der Waals surface area contributed by atoms with Gasteiger partial charge in [0.1, 0.15) is 0 Å². The van der Waals surface area contributed by atoms with E-state index in [1.807, 2.05) is 20.8 Å². The lowest BCUT2D eigenvalue weighted by molar-refractivity contribution is 0.0952. The number of hydrogen-bond donors (Lipinski definition) is 1. The molecule has 0 saturated carbocycles. The summed E-state index contributed by atoms with van der Waals surface area (Å²) in [6.07, 6.45) is 0.120. The first-order valence-corrected chi connectivity index (χ1v) is 5.45. The first kappa shape index (κ1) is 13.8. The lowest BCUT2D eigenvalue weighted by Gasteiger charge is -2.26. The smallest absolute Gasteiger partial charge is 0.164 e.